The number of halogens is 2. The van der Waals surface area contributed by atoms with Gasteiger partial charge in [0.05, 0.1) is 35.9 Å². The first-order valence-electron chi connectivity index (χ1n) is 14.2. The molecule has 4 heterocycles. The fourth-order valence-corrected chi connectivity index (χ4v) is 5.50. The van der Waals surface area contributed by atoms with E-state index in [0.717, 1.165) is 72.8 Å². The van der Waals surface area contributed by atoms with Crippen molar-refractivity contribution in [3.63, 3.8) is 0 Å². The van der Waals surface area contributed by atoms with E-state index in [2.05, 4.69) is 26.6 Å². The maximum Gasteiger partial charge on any atom is 0.303 e. The number of carbonyl (C=O) groups is 1. The first-order chi connectivity index (χ1) is 20.4. The van der Waals surface area contributed by atoms with E-state index in [-0.39, 0.29) is 19.1 Å². The van der Waals surface area contributed by atoms with Crippen molar-refractivity contribution < 1.29 is 23.8 Å². The number of ether oxygens (including phenoxy) is 2. The minimum Gasteiger partial charge on any atom is -0.481 e. The van der Waals surface area contributed by atoms with Crippen LogP contribution in [0.4, 0.5) is 4.39 Å². The second-order valence-electron chi connectivity index (χ2n) is 10.7. The van der Waals surface area contributed by atoms with Crippen LogP contribution in [0.1, 0.15) is 41.9 Å². The normalized spacial score (nSPS) is 17.2. The third-order valence-corrected chi connectivity index (χ3v) is 8.04. The van der Waals surface area contributed by atoms with Crippen LogP contribution in [0.3, 0.4) is 0 Å². The zero-order valence-electron chi connectivity index (χ0n) is 23.1. The Labute approximate surface area is 248 Å². The molecule has 10 heteroatoms. The summed E-state index contributed by atoms with van der Waals surface area (Å²) in [5.41, 5.74) is 5.34. The molecular formula is C32H32ClFN4O4. The summed E-state index contributed by atoms with van der Waals surface area (Å²) in [5, 5.41) is 9.42. The van der Waals surface area contributed by atoms with Crippen molar-refractivity contribution in [2.75, 3.05) is 19.7 Å². The van der Waals surface area contributed by atoms with Crippen molar-refractivity contribution >= 4 is 34.2 Å². The van der Waals surface area contributed by atoms with Crippen LogP contribution in [0.25, 0.3) is 16.6 Å². The van der Waals surface area contributed by atoms with Gasteiger partial charge in [-0.25, -0.2) is 14.4 Å². The van der Waals surface area contributed by atoms with E-state index in [0.29, 0.717) is 29.4 Å². The molecule has 2 aliphatic rings. The smallest absolute Gasteiger partial charge is 0.303 e. The largest absolute Gasteiger partial charge is 0.481 e. The number of imidazole rings is 1. The molecule has 1 fully saturated rings. The molecule has 2 aromatic carbocycles. The molecule has 1 N–H and O–H groups in total. The molecule has 2 aliphatic heterocycles. The highest BCUT2D eigenvalue weighted by Gasteiger charge is 2.24. The van der Waals surface area contributed by atoms with Crippen LogP contribution in [-0.2, 0) is 35.6 Å². The molecule has 1 atom stereocenters. The predicted molar refractivity (Wildman–Crippen MR) is 158 cm³/mol. The Morgan fingerprint density at radius 2 is 2.05 bits per heavy atom. The van der Waals surface area contributed by atoms with Crippen LogP contribution in [0.2, 0.25) is 5.02 Å². The van der Waals surface area contributed by atoms with Crippen molar-refractivity contribution in [3.8, 4) is 5.88 Å². The van der Waals surface area contributed by atoms with Crippen LogP contribution in [0, 0.1) is 5.82 Å². The minimum atomic E-state index is -0.802. The average Bonchev–Trinajstić information content (AvgIpc) is 3.29. The zero-order chi connectivity index (χ0) is 29.1. The Morgan fingerprint density at radius 3 is 2.79 bits per heavy atom. The Bertz CT molecular complexity index is 1630. The molecule has 0 saturated carbocycles. The second kappa shape index (κ2) is 12.6. The highest BCUT2D eigenvalue weighted by Crippen LogP contribution is 2.27. The van der Waals surface area contributed by atoms with Crippen molar-refractivity contribution in [2.24, 2.45) is 0 Å². The maximum atomic E-state index is 14.1. The van der Waals surface area contributed by atoms with E-state index in [1.54, 1.807) is 18.2 Å². The van der Waals surface area contributed by atoms with Gasteiger partial charge in [-0.3, -0.25) is 9.69 Å². The molecule has 0 bridgehead atoms. The van der Waals surface area contributed by atoms with Gasteiger partial charge in [0, 0.05) is 42.8 Å². The first-order valence-corrected chi connectivity index (χ1v) is 14.6. The summed E-state index contributed by atoms with van der Waals surface area (Å²) >= 11 is 5.85. The third kappa shape index (κ3) is 6.64. The molecule has 0 spiro atoms. The average molecular weight is 591 g/mol. The Hall–Kier alpha value is -3.79. The van der Waals surface area contributed by atoms with Crippen LogP contribution >= 0.6 is 11.6 Å². The molecular weight excluding hydrogens is 559 g/mol. The first kappa shape index (κ1) is 28.3. The molecule has 6 rings (SSSR count). The van der Waals surface area contributed by atoms with E-state index >= 15 is 0 Å². The quantitative estimate of drug-likeness (QED) is 0.233. The summed E-state index contributed by atoms with van der Waals surface area (Å²) in [4.78, 5) is 23.1. The number of hydrogen-bond acceptors (Lipinski definition) is 6. The number of benzene rings is 2. The number of nitrogens with zero attached hydrogens (tertiary/aromatic N) is 4. The number of pyridine rings is 1. The highest BCUT2D eigenvalue weighted by atomic mass is 35.5. The summed E-state index contributed by atoms with van der Waals surface area (Å²) in [6, 6.07) is 16.2. The molecule has 218 valence electrons. The van der Waals surface area contributed by atoms with Gasteiger partial charge in [-0.1, -0.05) is 35.9 Å². The molecule has 0 aliphatic carbocycles. The Morgan fingerprint density at radius 1 is 1.17 bits per heavy atom. The predicted octanol–water partition coefficient (Wildman–Crippen LogP) is 5.90. The van der Waals surface area contributed by atoms with Crippen molar-refractivity contribution in [1.29, 1.82) is 0 Å². The van der Waals surface area contributed by atoms with Crippen molar-refractivity contribution in [3.05, 3.63) is 94.2 Å². The topological polar surface area (TPSA) is 89.7 Å². The summed E-state index contributed by atoms with van der Waals surface area (Å²) in [6.45, 7) is 3.92. The summed E-state index contributed by atoms with van der Waals surface area (Å²) in [7, 11) is 0. The standard InChI is InChI=1S/C32H32ClFN4O4/c33-24-7-6-23(26(34)17-24)20-42-31-3-1-2-27(36-31)22-10-13-37(14-11-22)19-30-35-28-16-21(5-9-32(39)40)4-8-29(28)38(30)18-25-12-15-41-25/h1-4,6-8,10,16-17,25H,5,9,11-15,18-20H2,(H,39,40)/t25-/m0/s1. The lowest BCUT2D eigenvalue weighted by Gasteiger charge is -2.29. The van der Waals surface area contributed by atoms with Crippen molar-refractivity contribution in [2.45, 2.75) is 51.5 Å². The summed E-state index contributed by atoms with van der Waals surface area (Å²) < 4.78 is 27.9. The molecule has 1 saturated heterocycles. The number of carboxylic acids is 1. The second-order valence-corrected chi connectivity index (χ2v) is 11.2. The van der Waals surface area contributed by atoms with Gasteiger partial charge in [-0.15, -0.1) is 0 Å². The number of aliphatic carboxylic acids is 1. The van der Waals surface area contributed by atoms with Gasteiger partial charge in [0.25, 0.3) is 0 Å². The van der Waals surface area contributed by atoms with Gasteiger partial charge in [-0.2, -0.15) is 0 Å². The summed E-state index contributed by atoms with van der Waals surface area (Å²) in [5.74, 6) is 0.223. The lowest BCUT2D eigenvalue weighted by atomic mass is 10.0. The molecule has 2 aromatic heterocycles. The Balaban J connectivity index is 1.13. The molecule has 0 unspecified atom stereocenters. The number of aryl methyl sites for hydroxylation is 1. The molecule has 0 radical (unpaired) electrons. The van der Waals surface area contributed by atoms with Crippen LogP contribution in [0.5, 0.6) is 5.88 Å². The summed E-state index contributed by atoms with van der Waals surface area (Å²) in [6.07, 6.45) is 4.83. The lowest BCUT2D eigenvalue weighted by molar-refractivity contribution is -0.136. The van der Waals surface area contributed by atoms with E-state index in [1.165, 1.54) is 6.07 Å². The van der Waals surface area contributed by atoms with Crippen LogP contribution < -0.4 is 4.74 Å². The monoisotopic (exact) mass is 590 g/mol. The molecule has 0 amide bonds. The van der Waals surface area contributed by atoms with E-state index in [4.69, 9.17) is 31.2 Å². The van der Waals surface area contributed by atoms with Gasteiger partial charge in [0.2, 0.25) is 5.88 Å². The number of fused-ring (bicyclic) bond motifs is 1. The highest BCUT2D eigenvalue weighted by molar-refractivity contribution is 6.30. The van der Waals surface area contributed by atoms with Crippen molar-refractivity contribution in [1.82, 2.24) is 19.4 Å². The van der Waals surface area contributed by atoms with Gasteiger partial charge in [0.15, 0.2) is 0 Å². The fraction of sp³-hybridized carbons (Fsp3) is 0.344. The van der Waals surface area contributed by atoms with Gasteiger partial charge >= 0.3 is 5.97 Å². The maximum absolute atomic E-state index is 14.1. The van der Waals surface area contributed by atoms with Gasteiger partial charge in [-0.05, 0) is 60.7 Å². The van der Waals surface area contributed by atoms with Gasteiger partial charge < -0.3 is 19.1 Å². The molecule has 42 heavy (non-hydrogen) atoms. The van der Waals surface area contributed by atoms with Crippen LogP contribution in [-0.4, -0.2) is 56.3 Å². The number of aromatic nitrogens is 3. The number of hydrogen-bond donors (Lipinski definition) is 1. The molecule has 4 aromatic rings. The number of rotatable bonds is 11. The van der Waals surface area contributed by atoms with Gasteiger partial charge in [0.1, 0.15) is 18.2 Å². The Kier molecular flexibility index (Phi) is 8.51. The minimum absolute atomic E-state index is 0.0697. The van der Waals surface area contributed by atoms with E-state index in [1.807, 2.05) is 24.3 Å². The third-order valence-electron chi connectivity index (χ3n) is 7.80. The van der Waals surface area contributed by atoms with E-state index in [9.17, 15) is 9.18 Å². The van der Waals surface area contributed by atoms with Crippen LogP contribution in [0.15, 0.2) is 60.7 Å². The lowest BCUT2D eigenvalue weighted by Crippen LogP contribution is -2.33. The SMILES string of the molecule is O=C(O)CCc1ccc2c(c1)nc(CN1CC=C(c3cccc(OCc4ccc(Cl)cc4F)n3)CC1)n2C[C@@H]1CCO1. The van der Waals surface area contributed by atoms with E-state index < -0.39 is 11.8 Å². The molecule has 8 nitrogen and oxygen atoms in total. The zero-order valence-corrected chi connectivity index (χ0v) is 23.9. The fourth-order valence-electron chi connectivity index (χ4n) is 5.34. The number of carboxylic acid groups (broad SMARTS) is 1.